The van der Waals surface area contributed by atoms with E-state index in [1.807, 2.05) is 18.2 Å². The fourth-order valence-electron chi connectivity index (χ4n) is 5.22. The van der Waals surface area contributed by atoms with Crippen LogP contribution in [0.5, 0.6) is 0 Å². The fourth-order valence-corrected chi connectivity index (χ4v) is 5.22. The van der Waals surface area contributed by atoms with Crippen molar-refractivity contribution in [2.75, 3.05) is 0 Å². The Morgan fingerprint density at radius 1 is 0.828 bits per heavy atom. The summed E-state index contributed by atoms with van der Waals surface area (Å²) in [4.78, 5) is 30.8. The Labute approximate surface area is 171 Å². The number of carbonyl (C=O) groups is 2. The lowest BCUT2D eigenvalue weighted by Crippen LogP contribution is -2.36. The third kappa shape index (κ3) is 3.09. The van der Waals surface area contributed by atoms with Crippen LogP contribution in [0.1, 0.15) is 51.0 Å². The molecule has 2 aromatic rings. The van der Waals surface area contributed by atoms with Gasteiger partial charge in [-0.15, -0.1) is 0 Å². The molecule has 2 aliphatic carbocycles. The fraction of sp³-hybridized carbons (Fsp3) is 0.346. The third-order valence-corrected chi connectivity index (χ3v) is 6.53. The summed E-state index contributed by atoms with van der Waals surface area (Å²) in [5.41, 5.74) is 5.98. The molecular weight excluding hydrogens is 358 g/mol. The van der Waals surface area contributed by atoms with Crippen molar-refractivity contribution in [2.45, 2.75) is 45.4 Å². The van der Waals surface area contributed by atoms with Crippen LogP contribution in [0.4, 0.5) is 0 Å². The molecule has 0 saturated heterocycles. The lowest BCUT2D eigenvalue weighted by atomic mass is 9.67. The first-order valence-corrected chi connectivity index (χ1v) is 10.4. The van der Waals surface area contributed by atoms with Crippen molar-refractivity contribution in [1.82, 2.24) is 0 Å². The summed E-state index contributed by atoms with van der Waals surface area (Å²) in [6, 6.07) is 18.7. The molecule has 0 bridgehead atoms. The number of fused-ring (bicyclic) bond motifs is 1. The molecule has 146 valence electrons. The van der Waals surface area contributed by atoms with Gasteiger partial charge in [0.25, 0.3) is 0 Å². The van der Waals surface area contributed by atoms with Gasteiger partial charge in [0, 0.05) is 35.7 Å². The Balaban J connectivity index is 1.60. The topological polar surface area (TPSA) is 46.5 Å². The average molecular weight is 383 g/mol. The molecule has 3 heteroatoms. The van der Waals surface area contributed by atoms with Crippen molar-refractivity contribution >= 4 is 17.3 Å². The number of hydrogen-bond donors (Lipinski definition) is 0. The molecule has 1 heterocycles. The molecule has 1 saturated carbocycles. The molecule has 0 N–H and O–H groups in total. The smallest absolute Gasteiger partial charge is 0.161 e. The largest absolute Gasteiger partial charge is 0.299 e. The molecule has 5 rings (SSSR count). The number of rotatable bonds is 2. The van der Waals surface area contributed by atoms with Gasteiger partial charge in [0.15, 0.2) is 5.78 Å². The highest BCUT2D eigenvalue weighted by Gasteiger charge is 2.48. The Kier molecular flexibility index (Phi) is 4.16. The first-order chi connectivity index (χ1) is 13.9. The van der Waals surface area contributed by atoms with Crippen molar-refractivity contribution in [2.24, 2.45) is 16.3 Å². The summed E-state index contributed by atoms with van der Waals surface area (Å²) in [6.45, 7) is 4.26. The van der Waals surface area contributed by atoms with Crippen LogP contribution in [-0.4, -0.2) is 17.3 Å². The second-order valence-corrected chi connectivity index (χ2v) is 9.31. The lowest BCUT2D eigenvalue weighted by molar-refractivity contribution is -0.120. The van der Waals surface area contributed by atoms with Gasteiger partial charge in [-0.2, -0.15) is 0 Å². The molecule has 3 nitrogen and oxygen atoms in total. The highest BCUT2D eigenvalue weighted by molar-refractivity contribution is 6.15. The molecule has 0 aromatic heterocycles. The number of allylic oxidation sites excluding steroid dienone is 2. The Morgan fingerprint density at radius 3 is 2.24 bits per heavy atom. The van der Waals surface area contributed by atoms with Gasteiger partial charge in [-0.1, -0.05) is 68.4 Å². The molecular formula is C26H25NO2. The number of carbonyl (C=O) groups excluding carboxylic acids is 2. The van der Waals surface area contributed by atoms with Gasteiger partial charge in [-0.25, -0.2) is 0 Å². The average Bonchev–Trinajstić information content (AvgIpc) is 3.07. The normalized spacial score (nSPS) is 25.5. The van der Waals surface area contributed by atoms with Crippen LogP contribution in [-0.2, 0) is 9.59 Å². The number of nitrogens with zero attached hydrogens (tertiary/aromatic N) is 1. The highest BCUT2D eigenvalue weighted by atomic mass is 16.1. The van der Waals surface area contributed by atoms with Gasteiger partial charge in [0.1, 0.15) is 5.78 Å². The first kappa shape index (κ1) is 18.2. The van der Waals surface area contributed by atoms with E-state index in [1.165, 1.54) is 0 Å². The van der Waals surface area contributed by atoms with E-state index in [0.29, 0.717) is 12.8 Å². The van der Waals surface area contributed by atoms with Crippen LogP contribution >= 0.6 is 0 Å². The maximum atomic E-state index is 13.2. The van der Waals surface area contributed by atoms with Gasteiger partial charge in [0.2, 0.25) is 0 Å². The van der Waals surface area contributed by atoms with E-state index in [0.717, 1.165) is 46.5 Å². The summed E-state index contributed by atoms with van der Waals surface area (Å²) < 4.78 is 0. The van der Waals surface area contributed by atoms with E-state index in [-0.39, 0.29) is 28.8 Å². The van der Waals surface area contributed by atoms with E-state index in [2.05, 4.69) is 50.2 Å². The number of benzene rings is 2. The zero-order chi connectivity index (χ0) is 20.2. The number of Topliss-reactive ketones (excluding diaryl/α,β-unsaturated/α-hetero) is 2. The Bertz CT molecular complexity index is 1060. The monoisotopic (exact) mass is 383 g/mol. The summed E-state index contributed by atoms with van der Waals surface area (Å²) in [6.07, 6.45) is 2.60. The molecule has 2 aromatic carbocycles. The predicted octanol–water partition coefficient (Wildman–Crippen LogP) is 5.51. The Hall–Kier alpha value is -2.81. The first-order valence-electron chi connectivity index (χ1n) is 10.4. The van der Waals surface area contributed by atoms with Crippen LogP contribution in [0, 0.1) is 11.3 Å². The summed E-state index contributed by atoms with van der Waals surface area (Å²) in [5, 5.41) is 0. The van der Waals surface area contributed by atoms with E-state index in [9.17, 15) is 9.59 Å². The molecule has 1 aliphatic heterocycles. The van der Waals surface area contributed by atoms with Gasteiger partial charge in [-0.3, -0.25) is 14.6 Å². The van der Waals surface area contributed by atoms with Gasteiger partial charge in [-0.05, 0) is 34.9 Å². The van der Waals surface area contributed by atoms with Crippen LogP contribution in [0.2, 0.25) is 0 Å². The molecule has 0 radical (unpaired) electrons. The number of ketones is 2. The maximum Gasteiger partial charge on any atom is 0.161 e. The van der Waals surface area contributed by atoms with Crippen molar-refractivity contribution in [1.29, 1.82) is 0 Å². The molecule has 0 amide bonds. The second kappa shape index (κ2) is 6.62. The van der Waals surface area contributed by atoms with E-state index in [4.69, 9.17) is 4.99 Å². The minimum atomic E-state index is -0.263. The zero-order valence-electron chi connectivity index (χ0n) is 16.9. The van der Waals surface area contributed by atoms with E-state index >= 15 is 0 Å². The maximum absolute atomic E-state index is 13.2. The SMILES string of the molecule is CC1(C)CC(=O)C2=C(C1)N=C1CCC(=O)C1C2c1ccc(-c2ccccc2)cc1. The molecule has 29 heavy (non-hydrogen) atoms. The van der Waals surface area contributed by atoms with Crippen molar-refractivity contribution < 1.29 is 9.59 Å². The quantitative estimate of drug-likeness (QED) is 0.686. The Morgan fingerprint density at radius 2 is 1.52 bits per heavy atom. The number of hydrogen-bond acceptors (Lipinski definition) is 3. The molecule has 2 atom stereocenters. The van der Waals surface area contributed by atoms with Crippen LogP contribution in [0.15, 0.2) is 70.9 Å². The van der Waals surface area contributed by atoms with E-state index in [1.54, 1.807) is 0 Å². The van der Waals surface area contributed by atoms with Crippen LogP contribution in [0.3, 0.4) is 0 Å². The molecule has 2 unspecified atom stereocenters. The minimum absolute atomic E-state index is 0.0723. The van der Waals surface area contributed by atoms with Crippen molar-refractivity contribution in [3.8, 4) is 11.1 Å². The predicted molar refractivity (Wildman–Crippen MR) is 115 cm³/mol. The summed E-state index contributed by atoms with van der Waals surface area (Å²) in [7, 11) is 0. The lowest BCUT2D eigenvalue weighted by Gasteiger charge is -2.38. The standard InChI is InChI=1S/C26H25NO2/c1-26(2)14-20-25(22(29)15-26)23(24-19(27-20)12-13-21(24)28)18-10-8-17(9-11-18)16-6-4-3-5-7-16/h3-11,23-24H,12-15H2,1-2H3. The zero-order valence-corrected chi connectivity index (χ0v) is 16.9. The molecule has 1 fully saturated rings. The van der Waals surface area contributed by atoms with Gasteiger partial charge < -0.3 is 0 Å². The molecule has 3 aliphatic rings. The minimum Gasteiger partial charge on any atom is -0.299 e. The third-order valence-electron chi connectivity index (χ3n) is 6.53. The number of aliphatic imine (C=N–C) groups is 1. The van der Waals surface area contributed by atoms with Crippen molar-refractivity contribution in [3.05, 3.63) is 71.4 Å². The van der Waals surface area contributed by atoms with Gasteiger partial charge in [0.05, 0.1) is 5.92 Å². The summed E-state index contributed by atoms with van der Waals surface area (Å²) >= 11 is 0. The highest BCUT2D eigenvalue weighted by Crippen LogP contribution is 2.50. The van der Waals surface area contributed by atoms with Gasteiger partial charge >= 0.3 is 0 Å². The summed E-state index contributed by atoms with van der Waals surface area (Å²) in [5.74, 6) is -0.0524. The second-order valence-electron chi connectivity index (χ2n) is 9.31. The van der Waals surface area contributed by atoms with Crippen molar-refractivity contribution in [3.63, 3.8) is 0 Å². The van der Waals surface area contributed by atoms with E-state index < -0.39 is 0 Å². The molecule has 0 spiro atoms. The van der Waals surface area contributed by atoms with Crippen LogP contribution in [0.25, 0.3) is 11.1 Å². The van der Waals surface area contributed by atoms with Crippen LogP contribution < -0.4 is 0 Å².